The number of halogens is 3. The average Bonchev–Trinajstić information content (AvgIpc) is 3.15. The maximum Gasteiger partial charge on any atom is 0.416 e. The Hall–Kier alpha value is -2.15. The van der Waals surface area contributed by atoms with Gasteiger partial charge in [0, 0.05) is 11.4 Å². The number of rotatable bonds is 4. The third kappa shape index (κ3) is 3.20. The van der Waals surface area contributed by atoms with E-state index in [0.29, 0.717) is 13.0 Å². The van der Waals surface area contributed by atoms with Crippen molar-refractivity contribution in [1.82, 2.24) is 9.97 Å². The minimum atomic E-state index is -4.29. The van der Waals surface area contributed by atoms with Gasteiger partial charge in [0.2, 0.25) is 0 Å². The Balaban J connectivity index is 1.46. The summed E-state index contributed by atoms with van der Waals surface area (Å²) in [7, 11) is 0. The Bertz CT molecular complexity index is 900. The van der Waals surface area contributed by atoms with E-state index in [1.165, 1.54) is 29.0 Å². The Kier molecular flexibility index (Phi) is 4.11. The number of aryl methyl sites for hydroxylation is 2. The second-order valence-corrected chi connectivity index (χ2v) is 7.21. The summed E-state index contributed by atoms with van der Waals surface area (Å²) in [6, 6.07) is 5.32. The van der Waals surface area contributed by atoms with Crippen LogP contribution in [-0.2, 0) is 25.4 Å². The molecule has 0 saturated carbocycles. The van der Waals surface area contributed by atoms with Crippen molar-refractivity contribution in [2.45, 2.75) is 31.9 Å². The van der Waals surface area contributed by atoms with Crippen LogP contribution in [0.2, 0.25) is 0 Å². The quantitative estimate of drug-likeness (QED) is 0.720. The average molecular weight is 363 g/mol. The van der Waals surface area contributed by atoms with Crippen LogP contribution < -0.4 is 5.32 Å². The van der Waals surface area contributed by atoms with Gasteiger partial charge in [-0.15, -0.1) is 11.3 Å². The van der Waals surface area contributed by atoms with Gasteiger partial charge in [-0.25, -0.2) is 9.97 Å². The van der Waals surface area contributed by atoms with Crippen molar-refractivity contribution in [2.24, 2.45) is 0 Å². The highest BCUT2D eigenvalue weighted by Gasteiger charge is 2.29. The molecular weight excluding hydrogens is 347 g/mol. The van der Waals surface area contributed by atoms with Crippen molar-refractivity contribution in [1.29, 1.82) is 0 Å². The molecule has 4 rings (SSSR count). The second-order valence-electron chi connectivity index (χ2n) is 6.13. The summed E-state index contributed by atoms with van der Waals surface area (Å²) >= 11 is 1.74. The molecule has 0 spiro atoms. The first-order valence-electron chi connectivity index (χ1n) is 8.17. The number of hydrogen-bond acceptors (Lipinski definition) is 4. The lowest BCUT2D eigenvalue weighted by atomic mass is 10.1. The smallest absolute Gasteiger partial charge is 0.369 e. The largest absolute Gasteiger partial charge is 0.416 e. The molecule has 0 bridgehead atoms. The van der Waals surface area contributed by atoms with E-state index < -0.39 is 11.7 Å². The van der Waals surface area contributed by atoms with E-state index in [0.717, 1.165) is 46.6 Å². The summed E-state index contributed by atoms with van der Waals surface area (Å²) < 4.78 is 37.8. The summed E-state index contributed by atoms with van der Waals surface area (Å²) in [5, 5.41) is 4.45. The van der Waals surface area contributed by atoms with Crippen molar-refractivity contribution in [3.8, 4) is 0 Å². The number of benzene rings is 1. The van der Waals surface area contributed by atoms with Gasteiger partial charge in [-0.3, -0.25) is 0 Å². The van der Waals surface area contributed by atoms with E-state index in [1.54, 1.807) is 17.7 Å². The van der Waals surface area contributed by atoms with Crippen molar-refractivity contribution in [3.63, 3.8) is 0 Å². The molecule has 0 amide bonds. The number of fused-ring (bicyclic) bond motifs is 3. The Morgan fingerprint density at radius 1 is 1.08 bits per heavy atom. The number of nitrogens with zero attached hydrogens (tertiary/aromatic N) is 2. The van der Waals surface area contributed by atoms with Crippen LogP contribution in [-0.4, -0.2) is 16.5 Å². The number of thiophene rings is 1. The van der Waals surface area contributed by atoms with Crippen molar-refractivity contribution < 1.29 is 13.2 Å². The lowest BCUT2D eigenvalue weighted by Crippen LogP contribution is -2.08. The van der Waals surface area contributed by atoms with Gasteiger partial charge in [-0.2, -0.15) is 13.2 Å². The molecule has 25 heavy (non-hydrogen) atoms. The minimum absolute atomic E-state index is 0.613. The second kappa shape index (κ2) is 6.29. The number of anilines is 1. The first-order valence-corrected chi connectivity index (χ1v) is 8.99. The van der Waals surface area contributed by atoms with Crippen LogP contribution in [0.25, 0.3) is 10.2 Å². The normalized spacial score (nSPS) is 14.0. The Morgan fingerprint density at radius 3 is 2.64 bits per heavy atom. The topological polar surface area (TPSA) is 37.8 Å². The van der Waals surface area contributed by atoms with Crippen molar-refractivity contribution in [2.75, 3.05) is 11.9 Å². The predicted octanol–water partition coefficient (Wildman–Crippen LogP) is 4.85. The molecule has 0 atom stereocenters. The molecule has 1 aliphatic rings. The molecule has 2 aromatic heterocycles. The summed E-state index contributed by atoms with van der Waals surface area (Å²) in [5.74, 6) is 0.830. The van der Waals surface area contributed by atoms with E-state index in [-0.39, 0.29) is 0 Å². The molecule has 0 saturated heterocycles. The molecule has 2 heterocycles. The maximum absolute atomic E-state index is 12.6. The standard InChI is InChI=1S/C18H16F3N3S/c19-18(20,21)12-6-4-11(5-7-12)8-9-22-16-15-13-2-1-3-14(13)25-17(15)24-10-23-16/h4-7,10H,1-3,8-9H2,(H,22,23,24). The van der Waals surface area contributed by atoms with E-state index >= 15 is 0 Å². The van der Waals surface area contributed by atoms with Crippen molar-refractivity contribution in [3.05, 3.63) is 52.2 Å². The van der Waals surface area contributed by atoms with Crippen LogP contribution in [0.1, 0.15) is 28.0 Å². The zero-order chi connectivity index (χ0) is 17.4. The molecule has 3 aromatic rings. The van der Waals surface area contributed by atoms with Crippen LogP contribution in [0.5, 0.6) is 0 Å². The highest BCUT2D eigenvalue weighted by molar-refractivity contribution is 7.19. The summed E-state index contributed by atoms with van der Waals surface area (Å²) in [6.07, 6.45) is 1.27. The highest BCUT2D eigenvalue weighted by Crippen LogP contribution is 2.39. The summed E-state index contributed by atoms with van der Waals surface area (Å²) in [4.78, 5) is 11.1. The third-order valence-corrected chi connectivity index (χ3v) is 5.69. The molecule has 130 valence electrons. The van der Waals surface area contributed by atoms with Crippen LogP contribution in [0.3, 0.4) is 0 Å². The molecular formula is C18H16F3N3S. The Morgan fingerprint density at radius 2 is 1.88 bits per heavy atom. The van der Waals surface area contributed by atoms with E-state index in [2.05, 4.69) is 15.3 Å². The van der Waals surface area contributed by atoms with Gasteiger partial charge in [0.05, 0.1) is 10.9 Å². The first-order chi connectivity index (χ1) is 12.0. The fraction of sp³-hybridized carbons (Fsp3) is 0.333. The highest BCUT2D eigenvalue weighted by atomic mass is 32.1. The molecule has 1 aliphatic carbocycles. The van der Waals surface area contributed by atoms with Gasteiger partial charge in [-0.05, 0) is 48.9 Å². The van der Waals surface area contributed by atoms with Crippen LogP contribution >= 0.6 is 11.3 Å². The molecule has 0 aliphatic heterocycles. The fourth-order valence-corrected chi connectivity index (χ4v) is 4.48. The molecule has 1 aromatic carbocycles. The minimum Gasteiger partial charge on any atom is -0.369 e. The lowest BCUT2D eigenvalue weighted by Gasteiger charge is -2.09. The van der Waals surface area contributed by atoms with E-state index in [9.17, 15) is 13.2 Å². The third-order valence-electron chi connectivity index (χ3n) is 4.49. The molecule has 1 N–H and O–H groups in total. The Labute approximate surface area is 146 Å². The number of alkyl halides is 3. The monoisotopic (exact) mass is 363 g/mol. The first kappa shape index (κ1) is 16.3. The van der Waals surface area contributed by atoms with Crippen LogP contribution in [0, 0.1) is 0 Å². The van der Waals surface area contributed by atoms with Gasteiger partial charge in [0.25, 0.3) is 0 Å². The van der Waals surface area contributed by atoms with E-state index in [1.807, 2.05) is 0 Å². The van der Waals surface area contributed by atoms with Gasteiger partial charge in [0.15, 0.2) is 0 Å². The molecule has 0 fully saturated rings. The number of nitrogens with one attached hydrogen (secondary N) is 1. The zero-order valence-corrected chi connectivity index (χ0v) is 14.2. The fourth-order valence-electron chi connectivity index (χ4n) is 3.25. The zero-order valence-electron chi connectivity index (χ0n) is 13.4. The lowest BCUT2D eigenvalue weighted by molar-refractivity contribution is -0.137. The van der Waals surface area contributed by atoms with Gasteiger partial charge in [-0.1, -0.05) is 12.1 Å². The molecule has 0 radical (unpaired) electrons. The van der Waals surface area contributed by atoms with Crippen LogP contribution in [0.15, 0.2) is 30.6 Å². The van der Waals surface area contributed by atoms with Gasteiger partial charge in [0.1, 0.15) is 17.0 Å². The van der Waals surface area contributed by atoms with Crippen molar-refractivity contribution >= 4 is 27.4 Å². The van der Waals surface area contributed by atoms with Gasteiger partial charge >= 0.3 is 6.18 Å². The number of aromatic nitrogens is 2. The SMILES string of the molecule is FC(F)(F)c1ccc(CCNc2ncnc3sc4c(c23)CCC4)cc1. The van der Waals surface area contributed by atoms with Crippen LogP contribution in [0.4, 0.5) is 19.0 Å². The maximum atomic E-state index is 12.6. The predicted molar refractivity (Wildman–Crippen MR) is 93.1 cm³/mol. The summed E-state index contributed by atoms with van der Waals surface area (Å²) in [5.41, 5.74) is 1.61. The summed E-state index contributed by atoms with van der Waals surface area (Å²) in [6.45, 7) is 0.613. The van der Waals surface area contributed by atoms with E-state index in [4.69, 9.17) is 0 Å². The molecule has 0 unspecified atom stereocenters. The molecule has 3 nitrogen and oxygen atoms in total. The molecule has 7 heteroatoms. The number of hydrogen-bond donors (Lipinski definition) is 1. The van der Waals surface area contributed by atoms with Gasteiger partial charge < -0.3 is 5.32 Å².